The van der Waals surface area contributed by atoms with E-state index in [0.717, 1.165) is 22.2 Å². The van der Waals surface area contributed by atoms with Crippen LogP contribution in [-0.4, -0.2) is 15.6 Å². The van der Waals surface area contributed by atoms with Gasteiger partial charge >= 0.3 is 0 Å². The van der Waals surface area contributed by atoms with Crippen LogP contribution in [0.4, 0.5) is 0 Å². The number of halogens is 2. The fraction of sp³-hybridized carbons (Fsp3) is 0.400. The first-order valence-corrected chi connectivity index (χ1v) is 7.64. The van der Waals surface area contributed by atoms with E-state index in [-0.39, 0.29) is 0 Å². The number of rotatable bonds is 4. The molecule has 106 valence electrons. The highest BCUT2D eigenvalue weighted by Gasteiger charge is 2.27. The van der Waals surface area contributed by atoms with Crippen molar-refractivity contribution in [1.29, 1.82) is 0 Å². The quantitative estimate of drug-likeness (QED) is 0.922. The highest BCUT2D eigenvalue weighted by atomic mass is 35.5. The zero-order chi connectivity index (χ0) is 13.9. The van der Waals surface area contributed by atoms with Gasteiger partial charge in [0.15, 0.2) is 0 Å². The van der Waals surface area contributed by atoms with Crippen LogP contribution in [0, 0.1) is 0 Å². The minimum atomic E-state index is 0.458. The van der Waals surface area contributed by atoms with Crippen LogP contribution in [-0.2, 0) is 6.54 Å². The van der Waals surface area contributed by atoms with Crippen molar-refractivity contribution in [1.82, 2.24) is 14.9 Å². The lowest BCUT2D eigenvalue weighted by molar-refractivity contribution is 0.390. The van der Waals surface area contributed by atoms with Gasteiger partial charge in [0.25, 0.3) is 0 Å². The van der Waals surface area contributed by atoms with Crippen LogP contribution < -0.4 is 5.32 Å². The van der Waals surface area contributed by atoms with Crippen LogP contribution >= 0.6 is 23.2 Å². The zero-order valence-electron chi connectivity index (χ0n) is 11.1. The molecule has 1 aliphatic rings. The molecule has 1 heterocycles. The summed E-state index contributed by atoms with van der Waals surface area (Å²) in [4.78, 5) is 4.14. The van der Waals surface area contributed by atoms with Gasteiger partial charge < -0.3 is 9.88 Å². The Labute approximate surface area is 128 Å². The van der Waals surface area contributed by atoms with E-state index in [0.29, 0.717) is 12.1 Å². The predicted molar refractivity (Wildman–Crippen MR) is 82.2 cm³/mol. The average molecular weight is 310 g/mol. The third-order valence-electron chi connectivity index (χ3n) is 3.95. The number of nitrogens with zero attached hydrogens (tertiary/aromatic N) is 2. The second-order valence-corrected chi connectivity index (χ2v) is 6.07. The zero-order valence-corrected chi connectivity index (χ0v) is 12.6. The van der Waals surface area contributed by atoms with E-state index in [1.165, 1.54) is 19.3 Å². The summed E-state index contributed by atoms with van der Waals surface area (Å²) >= 11 is 12.2. The molecule has 0 bridgehead atoms. The molecule has 1 saturated carbocycles. The van der Waals surface area contributed by atoms with E-state index in [1.807, 2.05) is 36.9 Å². The fourth-order valence-electron chi connectivity index (χ4n) is 2.92. The molecule has 0 saturated heterocycles. The summed E-state index contributed by atoms with van der Waals surface area (Å²) in [7, 11) is 0. The molecular weight excluding hydrogens is 293 g/mol. The lowest BCUT2D eigenvalue weighted by Crippen LogP contribution is -2.33. The monoisotopic (exact) mass is 309 g/mol. The number of hydrogen-bond acceptors (Lipinski definition) is 2. The van der Waals surface area contributed by atoms with E-state index in [4.69, 9.17) is 23.2 Å². The fourth-order valence-corrected chi connectivity index (χ4v) is 3.30. The Morgan fingerprint density at radius 2 is 2.20 bits per heavy atom. The highest BCUT2D eigenvalue weighted by Crippen LogP contribution is 2.30. The number of nitrogens with one attached hydrogen (secondary N) is 1. The van der Waals surface area contributed by atoms with Crippen molar-refractivity contribution in [2.24, 2.45) is 0 Å². The average Bonchev–Trinajstić information content (AvgIpc) is 3.09. The predicted octanol–water partition coefficient (Wildman–Crippen LogP) is 4.07. The maximum atomic E-state index is 6.20. The molecule has 2 aromatic rings. The summed E-state index contributed by atoms with van der Waals surface area (Å²) in [5.74, 6) is 0. The normalized spacial score (nSPS) is 22.3. The van der Waals surface area contributed by atoms with Crippen molar-refractivity contribution in [3.8, 4) is 0 Å². The van der Waals surface area contributed by atoms with Crippen molar-refractivity contribution >= 4 is 23.2 Å². The maximum Gasteiger partial charge on any atom is 0.0949 e. The minimum Gasteiger partial charge on any atom is -0.333 e. The van der Waals surface area contributed by atoms with Crippen LogP contribution in [0.15, 0.2) is 36.9 Å². The highest BCUT2D eigenvalue weighted by molar-refractivity contribution is 6.33. The molecule has 0 radical (unpaired) electrons. The van der Waals surface area contributed by atoms with Gasteiger partial charge in [-0.1, -0.05) is 23.2 Å². The summed E-state index contributed by atoms with van der Waals surface area (Å²) in [6, 6.07) is 6.53. The molecular formula is C15H17Cl2N3. The minimum absolute atomic E-state index is 0.458. The molecule has 5 heteroatoms. The second kappa shape index (κ2) is 6.17. The lowest BCUT2D eigenvalue weighted by Gasteiger charge is -2.22. The van der Waals surface area contributed by atoms with Gasteiger partial charge in [-0.2, -0.15) is 0 Å². The van der Waals surface area contributed by atoms with Gasteiger partial charge in [0.05, 0.1) is 6.33 Å². The Balaban J connectivity index is 1.67. The van der Waals surface area contributed by atoms with Gasteiger partial charge in [-0.05, 0) is 43.0 Å². The van der Waals surface area contributed by atoms with Crippen LogP contribution in [0.3, 0.4) is 0 Å². The number of benzene rings is 1. The Morgan fingerprint density at radius 1 is 1.30 bits per heavy atom. The van der Waals surface area contributed by atoms with Gasteiger partial charge in [0, 0.05) is 41.1 Å². The number of imidazole rings is 1. The molecule has 0 aliphatic heterocycles. The standard InChI is InChI=1S/C15H17Cl2N3/c16-12-4-5-13(17)11(8-12)9-19-14-2-1-3-15(14)20-7-6-18-10-20/h4-8,10,14-15,19H,1-3,9H2. The van der Waals surface area contributed by atoms with Crippen molar-refractivity contribution in [3.63, 3.8) is 0 Å². The lowest BCUT2D eigenvalue weighted by atomic mass is 10.1. The van der Waals surface area contributed by atoms with Crippen molar-refractivity contribution < 1.29 is 0 Å². The van der Waals surface area contributed by atoms with Gasteiger partial charge in [-0.3, -0.25) is 0 Å². The molecule has 3 nitrogen and oxygen atoms in total. The Hall–Kier alpha value is -1.03. The van der Waals surface area contributed by atoms with Crippen LogP contribution in [0.25, 0.3) is 0 Å². The number of aromatic nitrogens is 2. The summed E-state index contributed by atoms with van der Waals surface area (Å²) in [5, 5.41) is 5.10. The molecule has 2 atom stereocenters. The second-order valence-electron chi connectivity index (χ2n) is 5.23. The van der Waals surface area contributed by atoms with Gasteiger partial charge in [-0.15, -0.1) is 0 Å². The molecule has 1 fully saturated rings. The summed E-state index contributed by atoms with van der Waals surface area (Å²) < 4.78 is 2.20. The Kier molecular flexibility index (Phi) is 4.29. The summed E-state index contributed by atoms with van der Waals surface area (Å²) in [6.07, 6.45) is 9.39. The number of hydrogen-bond donors (Lipinski definition) is 1. The van der Waals surface area contributed by atoms with Crippen LogP contribution in [0.5, 0.6) is 0 Å². The van der Waals surface area contributed by atoms with Crippen molar-refractivity contribution in [3.05, 3.63) is 52.5 Å². The van der Waals surface area contributed by atoms with E-state index >= 15 is 0 Å². The smallest absolute Gasteiger partial charge is 0.0949 e. The third-order valence-corrected chi connectivity index (χ3v) is 4.55. The first kappa shape index (κ1) is 13.9. The third kappa shape index (κ3) is 3.00. The van der Waals surface area contributed by atoms with Crippen molar-refractivity contribution in [2.45, 2.75) is 37.9 Å². The SMILES string of the molecule is Clc1ccc(Cl)c(CNC2CCCC2n2ccnc2)c1. The molecule has 20 heavy (non-hydrogen) atoms. The van der Waals surface area contributed by atoms with Crippen LogP contribution in [0.2, 0.25) is 10.0 Å². The van der Waals surface area contributed by atoms with Crippen molar-refractivity contribution in [2.75, 3.05) is 0 Å². The van der Waals surface area contributed by atoms with Gasteiger partial charge in [0.1, 0.15) is 0 Å². The van der Waals surface area contributed by atoms with E-state index in [2.05, 4.69) is 14.9 Å². The first-order chi connectivity index (χ1) is 9.74. The Morgan fingerprint density at radius 3 is 3.00 bits per heavy atom. The molecule has 1 aromatic carbocycles. The Bertz CT molecular complexity index is 569. The van der Waals surface area contributed by atoms with E-state index < -0.39 is 0 Å². The summed E-state index contributed by atoms with van der Waals surface area (Å²) in [6.45, 7) is 0.745. The first-order valence-electron chi connectivity index (χ1n) is 6.89. The molecule has 2 unspecified atom stereocenters. The van der Waals surface area contributed by atoms with Gasteiger partial charge in [0.2, 0.25) is 0 Å². The largest absolute Gasteiger partial charge is 0.333 e. The molecule has 1 aromatic heterocycles. The van der Waals surface area contributed by atoms with E-state index in [1.54, 1.807) is 0 Å². The molecule has 0 spiro atoms. The molecule has 0 amide bonds. The maximum absolute atomic E-state index is 6.20. The molecule has 3 rings (SSSR count). The van der Waals surface area contributed by atoms with Gasteiger partial charge in [-0.25, -0.2) is 4.98 Å². The summed E-state index contributed by atoms with van der Waals surface area (Å²) in [5.41, 5.74) is 1.05. The van der Waals surface area contributed by atoms with Crippen LogP contribution in [0.1, 0.15) is 30.9 Å². The molecule has 1 aliphatic carbocycles. The molecule has 1 N–H and O–H groups in total. The van der Waals surface area contributed by atoms with E-state index in [9.17, 15) is 0 Å². The topological polar surface area (TPSA) is 29.9 Å².